The number of nitro benzene ring substituents is 1. The average Bonchev–Trinajstić information content (AvgIpc) is 3.19. The van der Waals surface area contributed by atoms with Gasteiger partial charge in [-0.25, -0.2) is 0 Å². The summed E-state index contributed by atoms with van der Waals surface area (Å²) in [5.41, 5.74) is 1.69. The molecule has 3 aromatic rings. The summed E-state index contributed by atoms with van der Waals surface area (Å²) >= 11 is 1.13. The second-order valence-corrected chi connectivity index (χ2v) is 8.54. The van der Waals surface area contributed by atoms with Gasteiger partial charge in [0.2, 0.25) is 0 Å². The second-order valence-electron chi connectivity index (χ2n) is 7.53. The summed E-state index contributed by atoms with van der Waals surface area (Å²) in [6.45, 7) is 3.61. The number of hydrogen-bond donors (Lipinski definition) is 1. The number of aryl methyl sites for hydroxylation is 1. The average molecular weight is 454 g/mol. The van der Waals surface area contributed by atoms with E-state index in [1.54, 1.807) is 23.7 Å². The van der Waals surface area contributed by atoms with Gasteiger partial charge in [0.1, 0.15) is 6.33 Å². The van der Waals surface area contributed by atoms with Gasteiger partial charge in [-0.1, -0.05) is 12.1 Å². The first-order valence-electron chi connectivity index (χ1n) is 10.1. The lowest BCUT2D eigenvalue weighted by molar-refractivity contribution is -0.387. The smallest absolute Gasteiger partial charge is 0.284 e. The van der Waals surface area contributed by atoms with E-state index in [1.165, 1.54) is 12.4 Å². The van der Waals surface area contributed by atoms with Crippen LogP contribution in [0.25, 0.3) is 0 Å². The molecule has 11 heteroatoms. The molecule has 1 aliphatic rings. The Morgan fingerprint density at radius 3 is 2.56 bits per heavy atom. The lowest BCUT2D eigenvalue weighted by atomic mass is 10.1. The molecule has 0 unspecified atom stereocenters. The zero-order chi connectivity index (χ0) is 22.7. The van der Waals surface area contributed by atoms with Crippen molar-refractivity contribution in [1.82, 2.24) is 19.7 Å². The highest BCUT2D eigenvalue weighted by Gasteiger charge is 2.22. The Bertz CT molecular complexity index is 1140. The molecule has 1 N–H and O–H groups in total. The van der Waals surface area contributed by atoms with Gasteiger partial charge in [-0.2, -0.15) is 0 Å². The summed E-state index contributed by atoms with van der Waals surface area (Å²) in [4.78, 5) is 29.0. The van der Waals surface area contributed by atoms with Gasteiger partial charge < -0.3 is 19.7 Å². The van der Waals surface area contributed by atoms with Crippen molar-refractivity contribution < 1.29 is 9.72 Å². The topological polar surface area (TPSA) is 109 Å². The minimum absolute atomic E-state index is 0.155. The number of likely N-dealkylation sites (N-methyl/N-ethyl adjacent to an activating group) is 1. The normalized spacial score (nSPS) is 14.4. The fraction of sp³-hybridized carbons (Fsp3) is 0.286. The van der Waals surface area contributed by atoms with Crippen molar-refractivity contribution in [3.63, 3.8) is 0 Å². The number of aromatic nitrogens is 3. The molecule has 2 heterocycles. The number of benzene rings is 2. The van der Waals surface area contributed by atoms with Crippen LogP contribution in [-0.2, 0) is 7.05 Å². The van der Waals surface area contributed by atoms with E-state index >= 15 is 0 Å². The molecule has 32 heavy (non-hydrogen) atoms. The number of rotatable bonds is 6. The molecule has 2 aromatic carbocycles. The van der Waals surface area contributed by atoms with Crippen molar-refractivity contribution in [2.45, 2.75) is 10.1 Å². The van der Waals surface area contributed by atoms with Crippen LogP contribution in [0.3, 0.4) is 0 Å². The first kappa shape index (κ1) is 21.8. The van der Waals surface area contributed by atoms with Crippen molar-refractivity contribution in [2.75, 3.05) is 43.4 Å². The number of amides is 1. The summed E-state index contributed by atoms with van der Waals surface area (Å²) in [7, 11) is 3.85. The fourth-order valence-corrected chi connectivity index (χ4v) is 4.30. The summed E-state index contributed by atoms with van der Waals surface area (Å²) in [5.74, 6) is -0.398. The van der Waals surface area contributed by atoms with E-state index in [0.717, 1.165) is 43.6 Å². The third-order valence-electron chi connectivity index (χ3n) is 5.29. The Balaban J connectivity index is 1.56. The number of carbonyl (C=O) groups excluding carboxylic acids is 1. The standard InChI is InChI=1S/C21H23N7O3S/c1-25-9-11-27(12-10-25)17-6-4-3-5-16(17)23-20(29)15-7-8-19(18(13-15)28(30)31)32-21-24-22-14-26(21)2/h3-8,13-14H,9-12H2,1-2H3,(H,23,29). The predicted molar refractivity (Wildman–Crippen MR) is 122 cm³/mol. The number of anilines is 2. The van der Waals surface area contributed by atoms with Gasteiger partial charge in [-0.05, 0) is 43.1 Å². The van der Waals surface area contributed by atoms with Gasteiger partial charge >= 0.3 is 0 Å². The first-order valence-corrected chi connectivity index (χ1v) is 10.9. The van der Waals surface area contributed by atoms with E-state index in [1.807, 2.05) is 24.3 Å². The molecule has 0 bridgehead atoms. The third-order valence-corrected chi connectivity index (χ3v) is 6.40. The van der Waals surface area contributed by atoms with Gasteiger partial charge in [-0.15, -0.1) is 10.2 Å². The minimum Gasteiger partial charge on any atom is -0.367 e. The van der Waals surface area contributed by atoms with E-state index < -0.39 is 10.8 Å². The van der Waals surface area contributed by atoms with Crippen molar-refractivity contribution in [1.29, 1.82) is 0 Å². The molecule has 166 valence electrons. The Hall–Kier alpha value is -3.44. The molecule has 4 rings (SSSR count). The molecule has 1 aliphatic heterocycles. The predicted octanol–water partition coefficient (Wildman–Crippen LogP) is 2.88. The van der Waals surface area contributed by atoms with Gasteiger partial charge in [0, 0.05) is 44.9 Å². The van der Waals surface area contributed by atoms with Crippen molar-refractivity contribution in [3.8, 4) is 0 Å². The maximum absolute atomic E-state index is 13.0. The van der Waals surface area contributed by atoms with Crippen LogP contribution in [-0.4, -0.2) is 63.7 Å². The third kappa shape index (κ3) is 4.73. The number of piperazine rings is 1. The Morgan fingerprint density at radius 1 is 1.12 bits per heavy atom. The SMILES string of the molecule is CN1CCN(c2ccccc2NC(=O)c2ccc(Sc3nncn3C)c([N+](=O)[O-])c2)CC1. The first-order chi connectivity index (χ1) is 15.4. The largest absolute Gasteiger partial charge is 0.367 e. The van der Waals surface area contributed by atoms with Crippen LogP contribution in [0, 0.1) is 10.1 Å². The van der Waals surface area contributed by atoms with E-state index in [2.05, 4.69) is 32.4 Å². The van der Waals surface area contributed by atoms with Crippen LogP contribution >= 0.6 is 11.8 Å². The number of nitrogens with one attached hydrogen (secondary N) is 1. The molecule has 1 fully saturated rings. The molecule has 0 spiro atoms. The lowest BCUT2D eigenvalue weighted by Crippen LogP contribution is -2.44. The van der Waals surface area contributed by atoms with E-state index in [-0.39, 0.29) is 11.3 Å². The minimum atomic E-state index is -0.492. The highest BCUT2D eigenvalue weighted by atomic mass is 32.2. The van der Waals surface area contributed by atoms with Gasteiger partial charge in [-0.3, -0.25) is 14.9 Å². The molecule has 1 saturated heterocycles. The highest BCUT2D eigenvalue weighted by Crippen LogP contribution is 2.34. The maximum atomic E-state index is 13.0. The molecule has 1 amide bonds. The van der Waals surface area contributed by atoms with Crippen LogP contribution < -0.4 is 10.2 Å². The Morgan fingerprint density at radius 2 is 1.88 bits per heavy atom. The summed E-state index contributed by atoms with van der Waals surface area (Å²) in [5, 5.41) is 22.8. The summed E-state index contributed by atoms with van der Waals surface area (Å²) in [6.07, 6.45) is 1.52. The van der Waals surface area contributed by atoms with E-state index in [9.17, 15) is 14.9 Å². The van der Waals surface area contributed by atoms with Crippen molar-refractivity contribution in [2.24, 2.45) is 7.05 Å². The number of nitrogens with zero attached hydrogens (tertiary/aromatic N) is 6. The lowest BCUT2D eigenvalue weighted by Gasteiger charge is -2.35. The van der Waals surface area contributed by atoms with Crippen LogP contribution in [0.4, 0.5) is 17.1 Å². The number of hydrogen-bond acceptors (Lipinski definition) is 8. The summed E-state index contributed by atoms with van der Waals surface area (Å²) < 4.78 is 1.67. The molecule has 0 saturated carbocycles. The number of carbonyl (C=O) groups is 1. The highest BCUT2D eigenvalue weighted by molar-refractivity contribution is 7.99. The molecule has 1 aromatic heterocycles. The monoisotopic (exact) mass is 453 g/mol. The zero-order valence-corrected chi connectivity index (χ0v) is 18.6. The van der Waals surface area contributed by atoms with Gasteiger partial charge in [0.25, 0.3) is 11.6 Å². The second kappa shape index (κ2) is 9.37. The molecular weight excluding hydrogens is 430 g/mol. The van der Waals surface area contributed by atoms with Crippen LogP contribution in [0.2, 0.25) is 0 Å². The van der Waals surface area contributed by atoms with Crippen molar-refractivity contribution in [3.05, 3.63) is 64.5 Å². The van der Waals surface area contributed by atoms with Gasteiger partial charge in [0.05, 0.1) is 21.2 Å². The van der Waals surface area contributed by atoms with Crippen molar-refractivity contribution >= 4 is 34.7 Å². The quantitative estimate of drug-likeness (QED) is 0.448. The molecule has 0 radical (unpaired) electrons. The van der Waals surface area contributed by atoms with Crippen LogP contribution in [0.15, 0.2) is 58.8 Å². The fourth-order valence-electron chi connectivity index (χ4n) is 3.45. The van der Waals surface area contributed by atoms with Gasteiger partial charge in [0.15, 0.2) is 5.16 Å². The molecular formula is C21H23N7O3S. The van der Waals surface area contributed by atoms with E-state index in [4.69, 9.17) is 0 Å². The Labute approximate surface area is 189 Å². The number of nitro groups is 1. The van der Waals surface area contributed by atoms with E-state index in [0.29, 0.717) is 15.7 Å². The van der Waals surface area contributed by atoms with Crippen LogP contribution in [0.5, 0.6) is 0 Å². The molecule has 0 aliphatic carbocycles. The summed E-state index contributed by atoms with van der Waals surface area (Å²) in [6, 6.07) is 12.1. The zero-order valence-electron chi connectivity index (χ0n) is 17.8. The Kier molecular flexibility index (Phi) is 6.37. The maximum Gasteiger partial charge on any atom is 0.284 e. The number of para-hydroxylation sites is 2. The molecule has 10 nitrogen and oxygen atoms in total. The molecule has 0 atom stereocenters. The van der Waals surface area contributed by atoms with Crippen LogP contribution in [0.1, 0.15) is 10.4 Å².